The van der Waals surface area contributed by atoms with Crippen molar-refractivity contribution in [3.8, 4) is 11.1 Å². The highest BCUT2D eigenvalue weighted by Gasteiger charge is 2.33. The van der Waals surface area contributed by atoms with Gasteiger partial charge in [-0.3, -0.25) is 0 Å². The molecular formula is C19H21F3N2O2. The molecule has 2 aromatic rings. The number of hydrogen-bond acceptors (Lipinski definition) is 4. The average Bonchev–Trinajstić information content (AvgIpc) is 2.63. The van der Waals surface area contributed by atoms with Gasteiger partial charge in [-0.05, 0) is 42.7 Å². The highest BCUT2D eigenvalue weighted by molar-refractivity contribution is 5.68. The smallest absolute Gasteiger partial charge is 0.369 e. The molecule has 140 valence electrons. The molecule has 0 spiro atoms. The quantitative estimate of drug-likeness (QED) is 0.515. The van der Waals surface area contributed by atoms with Gasteiger partial charge in [0, 0.05) is 13.1 Å². The first-order valence-electron chi connectivity index (χ1n) is 8.34. The van der Waals surface area contributed by atoms with Crippen LogP contribution in [0.3, 0.4) is 0 Å². The van der Waals surface area contributed by atoms with Gasteiger partial charge < -0.3 is 14.4 Å². The van der Waals surface area contributed by atoms with E-state index in [-0.39, 0.29) is 13.2 Å². The van der Waals surface area contributed by atoms with Crippen LogP contribution < -0.4 is 4.90 Å². The van der Waals surface area contributed by atoms with E-state index in [9.17, 15) is 18.0 Å². The number of aldehydes is 1. The summed E-state index contributed by atoms with van der Waals surface area (Å²) in [5.74, 6) is 0.304. The zero-order valence-corrected chi connectivity index (χ0v) is 14.7. The molecular weight excluding hydrogens is 345 g/mol. The van der Waals surface area contributed by atoms with E-state index >= 15 is 0 Å². The number of carbonyl (C=O) groups excluding carboxylic acids is 1. The first-order chi connectivity index (χ1) is 12.4. The minimum absolute atomic E-state index is 0.00821. The Morgan fingerprint density at radius 1 is 1.08 bits per heavy atom. The van der Waals surface area contributed by atoms with E-state index in [0.29, 0.717) is 36.3 Å². The highest BCUT2D eigenvalue weighted by Crippen LogP contribution is 2.33. The second-order valence-corrected chi connectivity index (χ2v) is 5.65. The molecule has 0 N–H and O–H groups in total. The van der Waals surface area contributed by atoms with Crippen molar-refractivity contribution in [3.05, 3.63) is 47.7 Å². The lowest BCUT2D eigenvalue weighted by molar-refractivity contribution is -0.141. The van der Waals surface area contributed by atoms with Crippen molar-refractivity contribution in [2.24, 2.45) is 0 Å². The Labute approximate surface area is 150 Å². The molecule has 0 aliphatic heterocycles. The zero-order chi connectivity index (χ0) is 19.2. The van der Waals surface area contributed by atoms with Crippen LogP contribution in [0.25, 0.3) is 11.1 Å². The zero-order valence-electron chi connectivity index (χ0n) is 14.7. The maximum absolute atomic E-state index is 13.2. The molecule has 0 saturated heterocycles. The number of carbonyl (C=O) groups is 1. The number of ether oxygens (including phenoxy) is 1. The first-order valence-corrected chi connectivity index (χ1v) is 8.34. The standard InChI is InChI=1S/C19H21F3N2O2/c1-3-24(4-2)18-12-16(11-17(23-18)19(20,21)22)15-7-5-14(6-8-15)13-26-10-9-25/h5-9,11-12H,3-4,10,13H2,1-2H3. The van der Waals surface area contributed by atoms with Gasteiger partial charge in [-0.25, -0.2) is 4.98 Å². The lowest BCUT2D eigenvalue weighted by Crippen LogP contribution is -2.24. The number of hydrogen-bond donors (Lipinski definition) is 0. The van der Waals surface area contributed by atoms with Gasteiger partial charge in [-0.2, -0.15) is 13.2 Å². The van der Waals surface area contributed by atoms with Crippen molar-refractivity contribution in [2.45, 2.75) is 26.6 Å². The molecule has 4 nitrogen and oxygen atoms in total. The van der Waals surface area contributed by atoms with Gasteiger partial charge in [-0.1, -0.05) is 24.3 Å². The summed E-state index contributed by atoms with van der Waals surface area (Å²) >= 11 is 0. The second-order valence-electron chi connectivity index (χ2n) is 5.65. The molecule has 0 bridgehead atoms. The number of alkyl halides is 3. The Hall–Kier alpha value is -2.41. The molecule has 0 fully saturated rings. The van der Waals surface area contributed by atoms with Crippen molar-refractivity contribution in [3.63, 3.8) is 0 Å². The summed E-state index contributed by atoms with van der Waals surface area (Å²) < 4.78 is 44.9. The van der Waals surface area contributed by atoms with E-state index in [1.165, 1.54) is 0 Å². The normalized spacial score (nSPS) is 11.4. The molecule has 2 rings (SSSR count). The fraction of sp³-hybridized carbons (Fsp3) is 0.368. The molecule has 1 heterocycles. The maximum atomic E-state index is 13.2. The van der Waals surface area contributed by atoms with E-state index in [4.69, 9.17) is 4.74 Å². The molecule has 1 aromatic carbocycles. The predicted molar refractivity (Wildman–Crippen MR) is 94.0 cm³/mol. The van der Waals surface area contributed by atoms with Crippen LogP contribution in [0, 0.1) is 0 Å². The lowest BCUT2D eigenvalue weighted by atomic mass is 10.0. The van der Waals surface area contributed by atoms with Crippen LogP contribution >= 0.6 is 0 Å². The average molecular weight is 366 g/mol. The van der Waals surface area contributed by atoms with Crippen molar-refractivity contribution in [1.82, 2.24) is 4.98 Å². The predicted octanol–water partition coefficient (Wildman–Crippen LogP) is 4.33. The van der Waals surface area contributed by atoms with Crippen molar-refractivity contribution in [1.29, 1.82) is 0 Å². The largest absolute Gasteiger partial charge is 0.433 e. The van der Waals surface area contributed by atoms with Gasteiger partial charge in [-0.15, -0.1) is 0 Å². The van der Waals surface area contributed by atoms with Crippen LogP contribution in [0.4, 0.5) is 19.0 Å². The Kier molecular flexibility index (Phi) is 6.74. The van der Waals surface area contributed by atoms with E-state index in [1.807, 2.05) is 13.8 Å². The van der Waals surface area contributed by atoms with E-state index in [0.717, 1.165) is 11.6 Å². The third-order valence-electron chi connectivity index (χ3n) is 3.93. The van der Waals surface area contributed by atoms with Crippen LogP contribution in [-0.4, -0.2) is 31.0 Å². The molecule has 0 amide bonds. The summed E-state index contributed by atoms with van der Waals surface area (Å²) in [5.41, 5.74) is 1.04. The van der Waals surface area contributed by atoms with Crippen LogP contribution in [0.2, 0.25) is 0 Å². The Bertz CT molecular complexity index is 727. The number of pyridine rings is 1. The van der Waals surface area contributed by atoms with Crippen LogP contribution in [0.15, 0.2) is 36.4 Å². The fourth-order valence-electron chi connectivity index (χ4n) is 2.56. The van der Waals surface area contributed by atoms with Gasteiger partial charge in [0.05, 0.1) is 6.61 Å². The molecule has 0 atom stereocenters. The summed E-state index contributed by atoms with van der Waals surface area (Å²) in [5, 5.41) is 0. The molecule has 0 aliphatic carbocycles. The SMILES string of the molecule is CCN(CC)c1cc(-c2ccc(COCC=O)cc2)cc(C(F)(F)F)n1. The van der Waals surface area contributed by atoms with Gasteiger partial charge in [0.2, 0.25) is 0 Å². The number of anilines is 1. The molecule has 7 heteroatoms. The fourth-order valence-corrected chi connectivity index (χ4v) is 2.56. The molecule has 26 heavy (non-hydrogen) atoms. The number of halogens is 3. The lowest BCUT2D eigenvalue weighted by Gasteiger charge is -2.22. The summed E-state index contributed by atoms with van der Waals surface area (Å²) in [7, 11) is 0. The molecule has 0 unspecified atom stereocenters. The van der Waals surface area contributed by atoms with E-state index in [2.05, 4.69) is 4.98 Å². The van der Waals surface area contributed by atoms with Gasteiger partial charge >= 0.3 is 6.18 Å². The summed E-state index contributed by atoms with van der Waals surface area (Å²) in [4.78, 5) is 15.8. The molecule has 0 aliphatic rings. The van der Waals surface area contributed by atoms with Gasteiger partial charge in [0.25, 0.3) is 0 Å². The van der Waals surface area contributed by atoms with Crippen molar-refractivity contribution < 1.29 is 22.7 Å². The highest BCUT2D eigenvalue weighted by atomic mass is 19.4. The number of benzene rings is 1. The Morgan fingerprint density at radius 3 is 2.27 bits per heavy atom. The summed E-state index contributed by atoms with van der Waals surface area (Å²) in [6, 6.07) is 9.74. The molecule has 0 saturated carbocycles. The Balaban J connectivity index is 2.38. The minimum atomic E-state index is -4.51. The second kappa shape index (κ2) is 8.80. The molecule has 1 aromatic heterocycles. The number of aromatic nitrogens is 1. The van der Waals surface area contributed by atoms with E-state index < -0.39 is 11.9 Å². The van der Waals surface area contributed by atoms with Crippen molar-refractivity contribution in [2.75, 3.05) is 24.6 Å². The van der Waals surface area contributed by atoms with Crippen LogP contribution in [0.1, 0.15) is 25.1 Å². The topological polar surface area (TPSA) is 42.4 Å². The minimum Gasteiger partial charge on any atom is -0.369 e. The third kappa shape index (κ3) is 5.05. The summed E-state index contributed by atoms with van der Waals surface area (Å²) in [6.45, 7) is 5.16. The van der Waals surface area contributed by atoms with Gasteiger partial charge in [0.15, 0.2) is 0 Å². The molecule has 0 radical (unpaired) electrons. The number of rotatable bonds is 8. The van der Waals surface area contributed by atoms with Crippen molar-refractivity contribution >= 4 is 12.1 Å². The summed E-state index contributed by atoms with van der Waals surface area (Å²) in [6.07, 6.45) is -3.85. The van der Waals surface area contributed by atoms with Crippen LogP contribution in [0.5, 0.6) is 0 Å². The maximum Gasteiger partial charge on any atom is 0.433 e. The van der Waals surface area contributed by atoms with Crippen LogP contribution in [-0.2, 0) is 22.3 Å². The first kappa shape index (κ1) is 19.9. The third-order valence-corrected chi connectivity index (χ3v) is 3.93. The number of nitrogens with zero attached hydrogens (tertiary/aromatic N) is 2. The Morgan fingerprint density at radius 2 is 1.73 bits per heavy atom. The van der Waals surface area contributed by atoms with Gasteiger partial charge in [0.1, 0.15) is 24.4 Å². The van der Waals surface area contributed by atoms with E-state index in [1.54, 1.807) is 35.2 Å². The monoisotopic (exact) mass is 366 g/mol.